The van der Waals surface area contributed by atoms with Crippen molar-refractivity contribution in [2.24, 2.45) is 4.99 Å². The number of ether oxygens (including phenoxy) is 2. The van der Waals surface area contributed by atoms with Gasteiger partial charge in [0.1, 0.15) is 16.4 Å². The molecule has 0 atom stereocenters. The van der Waals surface area contributed by atoms with Gasteiger partial charge in [-0.2, -0.15) is 0 Å². The Morgan fingerprint density at radius 3 is 2.58 bits per heavy atom. The molecule has 0 fully saturated rings. The Hall–Kier alpha value is -2.75. The van der Waals surface area contributed by atoms with Crippen LogP contribution < -0.4 is 4.74 Å². The van der Waals surface area contributed by atoms with Crippen LogP contribution >= 0.6 is 39.3 Å². The zero-order valence-corrected chi connectivity index (χ0v) is 20.8. The Kier molecular flexibility index (Phi) is 8.23. The van der Waals surface area contributed by atoms with Crippen LogP contribution in [0.2, 0.25) is 5.02 Å². The summed E-state index contributed by atoms with van der Waals surface area (Å²) in [5.41, 5.74) is 0.510. The van der Waals surface area contributed by atoms with Gasteiger partial charge in [-0.3, -0.25) is 4.79 Å². The van der Waals surface area contributed by atoms with E-state index in [9.17, 15) is 19.8 Å². The van der Waals surface area contributed by atoms with Crippen molar-refractivity contribution in [2.45, 2.75) is 13.8 Å². The van der Waals surface area contributed by atoms with Crippen molar-refractivity contribution in [1.82, 2.24) is 0 Å². The third kappa shape index (κ3) is 5.61. The molecule has 0 bridgehead atoms. The molecule has 172 valence electrons. The van der Waals surface area contributed by atoms with Crippen molar-refractivity contribution in [1.29, 1.82) is 0 Å². The lowest BCUT2D eigenvalue weighted by molar-refractivity contribution is -0.138. The Morgan fingerprint density at radius 1 is 1.18 bits per heavy atom. The number of aliphatic imine (C=N–C) groups is 1. The van der Waals surface area contributed by atoms with E-state index < -0.39 is 11.9 Å². The zero-order valence-electron chi connectivity index (χ0n) is 17.6. The lowest BCUT2D eigenvalue weighted by Gasteiger charge is -2.09. The third-order valence-electron chi connectivity index (χ3n) is 4.34. The van der Waals surface area contributed by atoms with E-state index in [1.807, 2.05) is 0 Å². The van der Waals surface area contributed by atoms with Crippen LogP contribution in [0.3, 0.4) is 0 Å². The predicted molar refractivity (Wildman–Crippen MR) is 132 cm³/mol. The number of halogens is 2. The number of nitrogens with zero attached hydrogens (tertiary/aromatic N) is 1. The Balaban J connectivity index is 2.07. The fourth-order valence-corrected chi connectivity index (χ4v) is 4.53. The number of carbonyl (C=O) groups is 2. The van der Waals surface area contributed by atoms with E-state index in [0.717, 1.165) is 11.8 Å². The second kappa shape index (κ2) is 10.9. The summed E-state index contributed by atoms with van der Waals surface area (Å²) in [7, 11) is 0. The molecule has 0 saturated carbocycles. The molecule has 2 aromatic carbocycles. The lowest BCUT2D eigenvalue weighted by atomic mass is 10.1. The van der Waals surface area contributed by atoms with Crippen LogP contribution in [0.15, 0.2) is 62.1 Å². The highest BCUT2D eigenvalue weighted by Crippen LogP contribution is 2.41. The van der Waals surface area contributed by atoms with E-state index in [0.29, 0.717) is 16.6 Å². The standard InChI is InChI=1S/C23H19BrClNO6S/c1-3-31-17-9-12(14(24)11-16(17)27)10-18-20(28)19(23(30)32-4-2)22(33-18)26-21(29)13-7-5-6-8-15(13)25/h5-11,27-28H,3-4H2,1-2H3/b18-10-,26-22?. The smallest absolute Gasteiger partial charge is 0.344 e. The van der Waals surface area contributed by atoms with E-state index >= 15 is 0 Å². The van der Waals surface area contributed by atoms with Crippen molar-refractivity contribution in [3.8, 4) is 11.5 Å². The van der Waals surface area contributed by atoms with Crippen molar-refractivity contribution in [3.05, 3.63) is 73.3 Å². The molecule has 0 aliphatic carbocycles. The molecule has 2 aromatic rings. The van der Waals surface area contributed by atoms with E-state index in [1.54, 1.807) is 44.2 Å². The fraction of sp³-hybridized carbons (Fsp3) is 0.174. The Labute approximate surface area is 207 Å². The molecule has 0 saturated heterocycles. The molecule has 1 heterocycles. The molecule has 0 aromatic heterocycles. The molecular formula is C23H19BrClNO6S. The summed E-state index contributed by atoms with van der Waals surface area (Å²) in [5.74, 6) is -1.64. The maximum absolute atomic E-state index is 12.7. The van der Waals surface area contributed by atoms with Gasteiger partial charge in [-0.1, -0.05) is 51.4 Å². The minimum Gasteiger partial charge on any atom is -0.506 e. The van der Waals surface area contributed by atoms with Crippen LogP contribution in [0.1, 0.15) is 29.8 Å². The second-order valence-electron chi connectivity index (χ2n) is 6.53. The minimum atomic E-state index is -0.809. The maximum atomic E-state index is 12.7. The summed E-state index contributed by atoms with van der Waals surface area (Å²) < 4.78 is 11.0. The zero-order chi connectivity index (χ0) is 24.1. The molecule has 33 heavy (non-hydrogen) atoms. The van der Waals surface area contributed by atoms with Gasteiger partial charge in [-0.15, -0.1) is 0 Å². The van der Waals surface area contributed by atoms with Gasteiger partial charge in [0.2, 0.25) is 0 Å². The van der Waals surface area contributed by atoms with Crippen LogP contribution in [-0.4, -0.2) is 40.3 Å². The third-order valence-corrected chi connectivity index (χ3v) is 6.38. The number of amides is 1. The first kappa shape index (κ1) is 24.9. The number of aliphatic hydroxyl groups is 1. The average Bonchev–Trinajstić information content (AvgIpc) is 3.06. The molecule has 10 heteroatoms. The van der Waals surface area contributed by atoms with Gasteiger partial charge in [0.25, 0.3) is 5.91 Å². The number of hydrogen-bond acceptors (Lipinski definition) is 7. The number of carbonyl (C=O) groups excluding carboxylic acids is 2. The van der Waals surface area contributed by atoms with Gasteiger partial charge >= 0.3 is 5.97 Å². The van der Waals surface area contributed by atoms with Crippen LogP contribution in [0.4, 0.5) is 0 Å². The summed E-state index contributed by atoms with van der Waals surface area (Å²) >= 11 is 10.4. The number of hydrogen-bond donors (Lipinski definition) is 2. The lowest BCUT2D eigenvalue weighted by Crippen LogP contribution is -2.14. The average molecular weight is 553 g/mol. The number of aliphatic hydroxyl groups excluding tert-OH is 1. The molecule has 2 N–H and O–H groups in total. The number of rotatable bonds is 6. The summed E-state index contributed by atoms with van der Waals surface area (Å²) in [6, 6.07) is 9.43. The highest BCUT2D eigenvalue weighted by atomic mass is 79.9. The van der Waals surface area contributed by atoms with Crippen molar-refractivity contribution < 1.29 is 29.3 Å². The SMILES string of the molecule is CCOC(=O)C1=C(O)/C(=C/c2cc(OCC)c(O)cc2Br)SC1=NC(=O)c1ccccc1Cl. The first-order valence-electron chi connectivity index (χ1n) is 9.80. The number of phenols is 1. The van der Waals surface area contributed by atoms with Crippen LogP contribution in [0.5, 0.6) is 11.5 Å². The number of esters is 1. The van der Waals surface area contributed by atoms with Crippen molar-refractivity contribution in [3.63, 3.8) is 0 Å². The number of benzene rings is 2. The highest BCUT2D eigenvalue weighted by molar-refractivity contribution is 9.10. The summed E-state index contributed by atoms with van der Waals surface area (Å²) in [5, 5.41) is 21.1. The highest BCUT2D eigenvalue weighted by Gasteiger charge is 2.34. The summed E-state index contributed by atoms with van der Waals surface area (Å²) in [6.45, 7) is 3.83. The van der Waals surface area contributed by atoms with Gasteiger partial charge in [-0.25, -0.2) is 9.79 Å². The minimum absolute atomic E-state index is 0.0120. The van der Waals surface area contributed by atoms with E-state index in [4.69, 9.17) is 21.1 Å². The molecule has 7 nitrogen and oxygen atoms in total. The number of phenolic OH excluding ortho intramolecular Hbond substituents is 1. The monoisotopic (exact) mass is 551 g/mol. The molecular weight excluding hydrogens is 534 g/mol. The van der Waals surface area contributed by atoms with Crippen LogP contribution in [0, 0.1) is 0 Å². The molecule has 0 radical (unpaired) electrons. The molecule has 1 amide bonds. The second-order valence-corrected chi connectivity index (χ2v) is 8.82. The van der Waals surface area contributed by atoms with Crippen molar-refractivity contribution in [2.75, 3.05) is 13.2 Å². The fourth-order valence-electron chi connectivity index (χ4n) is 2.86. The quantitative estimate of drug-likeness (QED) is 0.429. The first-order valence-corrected chi connectivity index (χ1v) is 11.8. The van der Waals surface area contributed by atoms with Gasteiger partial charge in [0.15, 0.2) is 11.5 Å². The number of thioether (sulfide) groups is 1. The first-order chi connectivity index (χ1) is 15.8. The number of aromatic hydroxyl groups is 1. The predicted octanol–water partition coefficient (Wildman–Crippen LogP) is 5.91. The molecule has 0 unspecified atom stereocenters. The summed E-state index contributed by atoms with van der Waals surface area (Å²) in [4.78, 5) is 29.6. The van der Waals surface area contributed by atoms with E-state index in [-0.39, 0.29) is 50.0 Å². The maximum Gasteiger partial charge on any atom is 0.344 e. The van der Waals surface area contributed by atoms with Gasteiger partial charge in [0.05, 0.1) is 28.7 Å². The normalized spacial score (nSPS) is 15.9. The van der Waals surface area contributed by atoms with Gasteiger partial charge in [-0.05, 0) is 49.8 Å². The van der Waals surface area contributed by atoms with Gasteiger partial charge in [0, 0.05) is 4.47 Å². The Morgan fingerprint density at radius 2 is 1.91 bits per heavy atom. The van der Waals surface area contributed by atoms with E-state index in [1.165, 1.54) is 12.1 Å². The summed E-state index contributed by atoms with van der Waals surface area (Å²) in [6.07, 6.45) is 1.58. The van der Waals surface area contributed by atoms with Crippen molar-refractivity contribution >= 4 is 62.3 Å². The molecule has 0 spiro atoms. The molecule has 3 rings (SSSR count). The topological polar surface area (TPSA) is 105 Å². The largest absolute Gasteiger partial charge is 0.506 e. The molecule has 1 aliphatic heterocycles. The van der Waals surface area contributed by atoms with Crippen LogP contribution in [0.25, 0.3) is 6.08 Å². The van der Waals surface area contributed by atoms with E-state index in [2.05, 4.69) is 20.9 Å². The molecule has 1 aliphatic rings. The van der Waals surface area contributed by atoms with Gasteiger partial charge < -0.3 is 19.7 Å². The Bertz CT molecular complexity index is 1210. The van der Waals surface area contributed by atoms with Crippen LogP contribution in [-0.2, 0) is 9.53 Å².